The van der Waals surface area contributed by atoms with E-state index >= 15 is 0 Å². The van der Waals surface area contributed by atoms with Gasteiger partial charge in [0.25, 0.3) is 5.91 Å². The Labute approximate surface area is 174 Å². The van der Waals surface area contributed by atoms with Crippen LogP contribution in [-0.4, -0.2) is 25.1 Å². The minimum absolute atomic E-state index is 0.363. The van der Waals surface area contributed by atoms with Gasteiger partial charge in [0.2, 0.25) is 0 Å². The number of halogens is 2. The van der Waals surface area contributed by atoms with Crippen molar-refractivity contribution >= 4 is 29.2 Å². The summed E-state index contributed by atoms with van der Waals surface area (Å²) in [7, 11) is 1.48. The number of methoxy groups -OCH3 is 1. The lowest BCUT2D eigenvalue weighted by Crippen LogP contribution is -2.39. The fraction of sp³-hybridized carbons (Fsp3) is 0.364. The molecule has 0 saturated heterocycles. The minimum atomic E-state index is -1.02. The molecule has 0 aliphatic heterocycles. The quantitative estimate of drug-likeness (QED) is 0.678. The third-order valence-corrected chi connectivity index (χ3v) is 5.55. The zero-order valence-corrected chi connectivity index (χ0v) is 17.1. The molecule has 0 unspecified atom stereocenters. The van der Waals surface area contributed by atoms with Crippen molar-refractivity contribution in [1.29, 1.82) is 0 Å². The molecule has 5 nitrogen and oxygen atoms in total. The van der Waals surface area contributed by atoms with Crippen LogP contribution in [0.25, 0.3) is 0 Å². The van der Waals surface area contributed by atoms with E-state index in [1.54, 1.807) is 30.3 Å². The van der Waals surface area contributed by atoms with Crippen LogP contribution in [0.3, 0.4) is 0 Å². The second-order valence-corrected chi connectivity index (χ2v) is 7.61. The van der Waals surface area contributed by atoms with Gasteiger partial charge in [-0.25, -0.2) is 4.39 Å². The third-order valence-electron chi connectivity index (χ3n) is 5.32. The minimum Gasteiger partial charge on any atom is -0.495 e. The average Bonchev–Trinajstić information content (AvgIpc) is 3.20. The molecule has 1 fully saturated rings. The Morgan fingerprint density at radius 2 is 1.79 bits per heavy atom. The molecule has 1 aliphatic rings. The summed E-state index contributed by atoms with van der Waals surface area (Å²) < 4.78 is 24.1. The van der Waals surface area contributed by atoms with Crippen molar-refractivity contribution in [3.05, 3.63) is 58.9 Å². The zero-order chi connectivity index (χ0) is 21.0. The number of benzene rings is 2. The molecule has 3 rings (SSSR count). The molecule has 1 amide bonds. The van der Waals surface area contributed by atoms with Gasteiger partial charge in [0.1, 0.15) is 11.6 Å². The second-order valence-electron chi connectivity index (χ2n) is 7.18. The number of anilines is 1. The van der Waals surface area contributed by atoms with E-state index in [0.717, 1.165) is 12.8 Å². The number of esters is 1. The molecule has 0 heterocycles. The second kappa shape index (κ2) is 8.82. The summed E-state index contributed by atoms with van der Waals surface area (Å²) in [6, 6.07) is 10.7. The van der Waals surface area contributed by atoms with Gasteiger partial charge in [-0.15, -0.1) is 0 Å². The molecule has 1 aliphatic carbocycles. The van der Waals surface area contributed by atoms with Gasteiger partial charge >= 0.3 is 5.97 Å². The predicted octanol–water partition coefficient (Wildman–Crippen LogP) is 4.87. The predicted molar refractivity (Wildman–Crippen MR) is 109 cm³/mol. The Kier molecular flexibility index (Phi) is 6.42. The summed E-state index contributed by atoms with van der Waals surface area (Å²) in [5.41, 5.74) is 0.253. The van der Waals surface area contributed by atoms with Crippen LogP contribution >= 0.6 is 11.6 Å². The molecule has 2 aromatic rings. The van der Waals surface area contributed by atoms with Crippen LogP contribution in [0.5, 0.6) is 5.75 Å². The molecule has 7 heteroatoms. The van der Waals surface area contributed by atoms with Crippen LogP contribution in [-0.2, 0) is 19.7 Å². The monoisotopic (exact) mass is 419 g/mol. The van der Waals surface area contributed by atoms with Crippen LogP contribution in [0.2, 0.25) is 5.02 Å². The number of nitrogens with one attached hydrogen (secondary N) is 1. The molecule has 0 radical (unpaired) electrons. The first-order chi connectivity index (χ1) is 13.9. The van der Waals surface area contributed by atoms with E-state index in [4.69, 9.17) is 21.1 Å². The van der Waals surface area contributed by atoms with E-state index < -0.39 is 23.4 Å². The van der Waals surface area contributed by atoms with Crippen molar-refractivity contribution < 1.29 is 23.5 Å². The van der Waals surface area contributed by atoms with E-state index in [1.165, 1.54) is 26.2 Å². The Hall–Kier alpha value is -2.60. The Morgan fingerprint density at radius 1 is 1.14 bits per heavy atom. The Balaban J connectivity index is 1.74. The highest BCUT2D eigenvalue weighted by molar-refractivity contribution is 6.31. The number of ether oxygens (including phenoxy) is 2. The van der Waals surface area contributed by atoms with Crippen molar-refractivity contribution in [2.45, 2.75) is 44.1 Å². The van der Waals surface area contributed by atoms with Crippen molar-refractivity contribution in [3.63, 3.8) is 0 Å². The van der Waals surface area contributed by atoms with E-state index in [2.05, 4.69) is 5.32 Å². The van der Waals surface area contributed by atoms with E-state index in [-0.39, 0.29) is 5.82 Å². The maximum Gasteiger partial charge on any atom is 0.317 e. The smallest absolute Gasteiger partial charge is 0.317 e. The first-order valence-corrected chi connectivity index (χ1v) is 9.85. The summed E-state index contributed by atoms with van der Waals surface area (Å²) in [4.78, 5) is 25.6. The van der Waals surface area contributed by atoms with Gasteiger partial charge in [-0.05, 0) is 55.7 Å². The van der Waals surface area contributed by atoms with Gasteiger partial charge in [-0.3, -0.25) is 9.59 Å². The van der Waals surface area contributed by atoms with Gasteiger partial charge in [0.05, 0.1) is 18.2 Å². The van der Waals surface area contributed by atoms with Gasteiger partial charge in [-0.2, -0.15) is 0 Å². The lowest BCUT2D eigenvalue weighted by molar-refractivity contribution is -0.159. The number of hydrogen-bond acceptors (Lipinski definition) is 4. The van der Waals surface area contributed by atoms with Crippen molar-refractivity contribution in [2.75, 3.05) is 12.4 Å². The van der Waals surface area contributed by atoms with Crippen LogP contribution in [0.15, 0.2) is 42.5 Å². The van der Waals surface area contributed by atoms with Gasteiger partial charge in [-0.1, -0.05) is 36.6 Å². The summed E-state index contributed by atoms with van der Waals surface area (Å²) in [5.74, 6) is -0.883. The molecular formula is C22H23ClFNO4. The summed E-state index contributed by atoms with van der Waals surface area (Å²) in [5, 5.41) is 3.12. The first-order valence-electron chi connectivity index (χ1n) is 9.47. The molecule has 1 saturated carbocycles. The fourth-order valence-corrected chi connectivity index (χ4v) is 3.87. The highest BCUT2D eigenvalue weighted by atomic mass is 35.5. The Morgan fingerprint density at radius 3 is 2.41 bits per heavy atom. The third kappa shape index (κ3) is 4.53. The zero-order valence-electron chi connectivity index (χ0n) is 16.3. The molecule has 0 bridgehead atoms. The SMILES string of the molecule is COc1ccc(Cl)cc1NC(=O)[C@@H](C)OC(=O)C1(c2ccc(F)cc2)CCCC1. The largest absolute Gasteiger partial charge is 0.495 e. The van der Waals surface area contributed by atoms with Crippen LogP contribution in [0.4, 0.5) is 10.1 Å². The lowest BCUT2D eigenvalue weighted by atomic mass is 9.79. The number of amides is 1. The first kappa shape index (κ1) is 21.1. The topological polar surface area (TPSA) is 64.6 Å². The van der Waals surface area contributed by atoms with Gasteiger partial charge < -0.3 is 14.8 Å². The van der Waals surface area contributed by atoms with Crippen molar-refractivity contribution in [2.24, 2.45) is 0 Å². The van der Waals surface area contributed by atoms with Crippen LogP contribution in [0.1, 0.15) is 38.2 Å². The maximum atomic E-state index is 13.3. The normalized spacial score (nSPS) is 16.1. The molecule has 2 aromatic carbocycles. The van der Waals surface area contributed by atoms with Crippen molar-refractivity contribution in [1.82, 2.24) is 0 Å². The highest BCUT2D eigenvalue weighted by Gasteiger charge is 2.45. The maximum absolute atomic E-state index is 13.3. The standard InChI is InChI=1S/C22H23ClFNO4/c1-14(20(26)25-18-13-16(23)7-10-19(18)28-2)29-21(27)22(11-3-4-12-22)15-5-8-17(24)9-6-15/h5-10,13-14H,3-4,11-12H2,1-2H3,(H,25,26)/t14-/m1/s1. The summed E-state index contributed by atoms with van der Waals surface area (Å²) >= 11 is 5.99. The molecule has 154 valence electrons. The van der Waals surface area contributed by atoms with E-state index in [0.29, 0.717) is 34.9 Å². The summed E-state index contributed by atoms with van der Waals surface area (Å²) in [6.45, 7) is 1.51. The Bertz CT molecular complexity index is 894. The number of rotatable bonds is 6. The van der Waals surface area contributed by atoms with Crippen LogP contribution < -0.4 is 10.1 Å². The molecule has 1 N–H and O–H groups in total. The van der Waals surface area contributed by atoms with Crippen molar-refractivity contribution in [3.8, 4) is 5.75 Å². The molecular weight excluding hydrogens is 397 g/mol. The lowest BCUT2D eigenvalue weighted by Gasteiger charge is -2.28. The number of hydrogen-bond donors (Lipinski definition) is 1. The average molecular weight is 420 g/mol. The number of carbonyl (C=O) groups is 2. The molecule has 1 atom stereocenters. The number of carbonyl (C=O) groups excluding carboxylic acids is 2. The van der Waals surface area contributed by atoms with Gasteiger partial charge in [0, 0.05) is 5.02 Å². The fourth-order valence-electron chi connectivity index (χ4n) is 3.70. The van der Waals surface area contributed by atoms with E-state index in [1.807, 2.05) is 0 Å². The highest BCUT2D eigenvalue weighted by Crippen LogP contribution is 2.42. The van der Waals surface area contributed by atoms with E-state index in [9.17, 15) is 14.0 Å². The summed E-state index contributed by atoms with van der Waals surface area (Å²) in [6.07, 6.45) is 1.92. The molecule has 0 aromatic heterocycles. The molecule has 0 spiro atoms. The van der Waals surface area contributed by atoms with Crippen LogP contribution in [0, 0.1) is 5.82 Å². The van der Waals surface area contributed by atoms with Gasteiger partial charge in [0.15, 0.2) is 6.10 Å². The molecule has 29 heavy (non-hydrogen) atoms.